The van der Waals surface area contributed by atoms with Gasteiger partial charge in [-0.05, 0) is 78.4 Å². The van der Waals surface area contributed by atoms with Crippen LogP contribution in [0.3, 0.4) is 0 Å². The zero-order chi connectivity index (χ0) is 28.7. The third kappa shape index (κ3) is 3.30. The predicted octanol–water partition coefficient (Wildman–Crippen LogP) is 11.5. The van der Waals surface area contributed by atoms with Crippen LogP contribution >= 0.6 is 0 Å². The first-order valence-electron chi connectivity index (χ1n) is 14.9. The van der Waals surface area contributed by atoms with Crippen molar-refractivity contribution in [3.63, 3.8) is 0 Å². The molecule has 9 aromatic rings. The largest absolute Gasteiger partial charge is 0.455 e. The van der Waals surface area contributed by atoms with E-state index in [-0.39, 0.29) is 0 Å². The molecule has 0 amide bonds. The van der Waals surface area contributed by atoms with E-state index in [1.165, 1.54) is 0 Å². The Morgan fingerprint density at radius 3 is 1.46 bits per heavy atom. The van der Waals surface area contributed by atoms with Crippen LogP contribution in [-0.2, 0) is 0 Å². The first-order valence-corrected chi connectivity index (χ1v) is 13.9. The number of hydrogen-bond donors (Lipinski definition) is 0. The minimum Gasteiger partial charge on any atom is -0.455 e. The van der Waals surface area contributed by atoms with Crippen molar-refractivity contribution in [2.24, 2.45) is 0 Å². The topological polar surface area (TPSA) is 13.1 Å². The van der Waals surface area contributed by atoms with Crippen molar-refractivity contribution in [1.29, 1.82) is 0 Å². The second-order valence-corrected chi connectivity index (χ2v) is 10.7. The number of furan rings is 1. The molecule has 0 saturated carbocycles. The van der Waals surface area contributed by atoms with Gasteiger partial charge in [0.05, 0.1) is 2.74 Å². The highest BCUT2D eigenvalue weighted by Gasteiger charge is 2.18. The molecule has 190 valence electrons. The van der Waals surface area contributed by atoms with Gasteiger partial charge in [-0.15, -0.1) is 0 Å². The van der Waals surface area contributed by atoms with Gasteiger partial charge in [-0.2, -0.15) is 0 Å². The van der Waals surface area contributed by atoms with E-state index < -0.39 is 0 Å². The van der Waals surface area contributed by atoms with Crippen LogP contribution in [0.2, 0.25) is 0 Å². The molecule has 0 spiro atoms. The molecule has 0 aliphatic rings. The molecule has 0 N–H and O–H groups in total. The maximum Gasteiger partial charge on any atom is 0.143 e. The van der Waals surface area contributed by atoms with Crippen LogP contribution in [0.25, 0.3) is 87.3 Å². The minimum absolute atomic E-state index is 0.550. The fourth-order valence-electron chi connectivity index (χ4n) is 6.57. The highest BCUT2D eigenvalue weighted by atomic mass is 16.3. The van der Waals surface area contributed by atoms with Crippen LogP contribution in [0.5, 0.6) is 0 Å². The van der Waals surface area contributed by atoms with Gasteiger partial charge in [0, 0.05) is 21.9 Å². The Morgan fingerprint density at radius 1 is 0.415 bits per heavy atom. The fraction of sp³-hybridized carbons (Fsp3) is 0. The van der Waals surface area contributed by atoms with E-state index in [9.17, 15) is 0 Å². The first-order chi connectivity index (χ1) is 21.2. The summed E-state index contributed by atoms with van der Waals surface area (Å²) in [7, 11) is 0. The SMILES string of the molecule is [2H]c1c2ccccc2c(-c2ccc3oc4c(-c5c6ccccc6c([2H])c6ccccc56)cccc4c3c2)c2ccccc12. The third-order valence-corrected chi connectivity index (χ3v) is 8.38. The summed E-state index contributed by atoms with van der Waals surface area (Å²) in [5.41, 5.74) is 6.04. The Hall–Kier alpha value is -5.40. The summed E-state index contributed by atoms with van der Waals surface area (Å²) in [5.74, 6) is 0. The van der Waals surface area contributed by atoms with E-state index in [0.717, 1.165) is 87.3 Å². The van der Waals surface area contributed by atoms with Crippen molar-refractivity contribution in [3.8, 4) is 22.3 Å². The van der Waals surface area contributed by atoms with Gasteiger partial charge in [-0.3, -0.25) is 0 Å². The average Bonchev–Trinajstić information content (AvgIpc) is 3.44. The highest BCUT2D eigenvalue weighted by molar-refractivity contribution is 6.20. The van der Waals surface area contributed by atoms with E-state index in [1.54, 1.807) is 0 Å². The molecular formula is C40H24O. The summed E-state index contributed by atoms with van der Waals surface area (Å²) < 4.78 is 24.5. The van der Waals surface area contributed by atoms with Gasteiger partial charge in [0.2, 0.25) is 0 Å². The van der Waals surface area contributed by atoms with Crippen LogP contribution in [0, 0.1) is 0 Å². The quantitative estimate of drug-likeness (QED) is 0.206. The summed E-state index contributed by atoms with van der Waals surface area (Å²) in [6.07, 6.45) is 0. The average molecular weight is 523 g/mol. The molecule has 0 fully saturated rings. The van der Waals surface area contributed by atoms with Crippen LogP contribution in [-0.4, -0.2) is 0 Å². The molecule has 1 aromatic heterocycles. The molecule has 0 aliphatic carbocycles. The Labute approximate surface area is 239 Å². The maximum atomic E-state index is 8.94. The molecule has 0 radical (unpaired) electrons. The lowest BCUT2D eigenvalue weighted by molar-refractivity contribution is 0.670. The van der Waals surface area contributed by atoms with Crippen molar-refractivity contribution in [2.75, 3.05) is 0 Å². The summed E-state index contributed by atoms with van der Waals surface area (Å²) in [5, 5.41) is 10.1. The molecule has 0 saturated heterocycles. The molecule has 0 unspecified atom stereocenters. The van der Waals surface area contributed by atoms with Gasteiger partial charge >= 0.3 is 0 Å². The van der Waals surface area contributed by atoms with Crippen molar-refractivity contribution in [1.82, 2.24) is 0 Å². The van der Waals surface area contributed by atoms with Crippen molar-refractivity contribution < 1.29 is 7.16 Å². The molecule has 8 aromatic carbocycles. The lowest BCUT2D eigenvalue weighted by atomic mass is 9.90. The Kier molecular flexibility index (Phi) is 4.27. The Bertz CT molecular complexity index is 2480. The van der Waals surface area contributed by atoms with Crippen molar-refractivity contribution >= 4 is 65.0 Å². The van der Waals surface area contributed by atoms with Gasteiger partial charge in [0.15, 0.2) is 0 Å². The van der Waals surface area contributed by atoms with Crippen LogP contribution in [0.15, 0.2) is 150 Å². The second kappa shape index (κ2) is 8.55. The minimum atomic E-state index is 0.550. The van der Waals surface area contributed by atoms with Crippen LogP contribution in [0.4, 0.5) is 0 Å². The second-order valence-electron chi connectivity index (χ2n) is 10.7. The van der Waals surface area contributed by atoms with E-state index >= 15 is 0 Å². The zero-order valence-electron chi connectivity index (χ0n) is 24.1. The molecular weight excluding hydrogens is 496 g/mol. The van der Waals surface area contributed by atoms with Gasteiger partial charge in [0.1, 0.15) is 11.2 Å². The monoisotopic (exact) mass is 522 g/mol. The molecule has 41 heavy (non-hydrogen) atoms. The molecule has 1 nitrogen and oxygen atoms in total. The highest BCUT2D eigenvalue weighted by Crippen LogP contribution is 2.44. The van der Waals surface area contributed by atoms with Gasteiger partial charge < -0.3 is 4.42 Å². The molecule has 1 heteroatoms. The number of rotatable bonds is 2. The Balaban J connectivity index is 1.36. The van der Waals surface area contributed by atoms with Gasteiger partial charge in [-0.1, -0.05) is 121 Å². The number of hydrogen-bond acceptors (Lipinski definition) is 1. The number of para-hydroxylation sites is 1. The lowest BCUT2D eigenvalue weighted by Gasteiger charge is -2.12. The van der Waals surface area contributed by atoms with E-state index in [1.807, 2.05) is 60.7 Å². The lowest BCUT2D eigenvalue weighted by Crippen LogP contribution is -1.86. The predicted molar refractivity (Wildman–Crippen MR) is 175 cm³/mol. The Morgan fingerprint density at radius 2 is 0.902 bits per heavy atom. The molecule has 0 aliphatic heterocycles. The molecule has 1 heterocycles. The summed E-state index contributed by atoms with van der Waals surface area (Å²) in [6.45, 7) is 0. The van der Waals surface area contributed by atoms with Crippen molar-refractivity contribution in [3.05, 3.63) is 146 Å². The summed E-state index contributed by atoms with van der Waals surface area (Å²) in [6, 6.07) is 46.8. The van der Waals surface area contributed by atoms with Crippen LogP contribution in [0.1, 0.15) is 2.74 Å². The normalized spacial score (nSPS) is 12.6. The zero-order valence-corrected chi connectivity index (χ0v) is 22.1. The maximum absolute atomic E-state index is 8.94. The molecule has 9 rings (SSSR count). The van der Waals surface area contributed by atoms with Crippen LogP contribution < -0.4 is 0 Å². The van der Waals surface area contributed by atoms with E-state index in [2.05, 4.69) is 72.8 Å². The molecule has 0 bridgehead atoms. The van der Waals surface area contributed by atoms with E-state index in [0.29, 0.717) is 12.1 Å². The third-order valence-electron chi connectivity index (χ3n) is 8.38. The number of benzene rings is 8. The summed E-state index contributed by atoms with van der Waals surface area (Å²) in [4.78, 5) is 0. The number of fused-ring (bicyclic) bond motifs is 7. The smallest absolute Gasteiger partial charge is 0.143 e. The first kappa shape index (κ1) is 20.5. The molecule has 0 atom stereocenters. The van der Waals surface area contributed by atoms with Crippen molar-refractivity contribution in [2.45, 2.75) is 0 Å². The summed E-state index contributed by atoms with van der Waals surface area (Å²) >= 11 is 0. The van der Waals surface area contributed by atoms with Gasteiger partial charge in [-0.25, -0.2) is 0 Å². The van der Waals surface area contributed by atoms with Gasteiger partial charge in [0.25, 0.3) is 0 Å². The van der Waals surface area contributed by atoms with E-state index in [4.69, 9.17) is 7.16 Å². The fourth-order valence-corrected chi connectivity index (χ4v) is 6.57. The standard InChI is InChI=1S/C40H24O/c1-5-14-30-25(10-1)22-26-11-2-6-15-31(26)38(30)29-20-21-37-36(24-29)34-18-9-19-35(40(34)41-37)39-32-16-7-3-12-27(32)23-28-13-4-8-17-33(28)39/h1-24H/i22D,23D.